The fourth-order valence-electron chi connectivity index (χ4n) is 2.14. The summed E-state index contributed by atoms with van der Waals surface area (Å²) in [5.41, 5.74) is 2.15. The Labute approximate surface area is 133 Å². The zero-order valence-electron chi connectivity index (χ0n) is 11.5. The molecular formula is C16H17BrClNO. The van der Waals surface area contributed by atoms with Crippen LogP contribution in [0.25, 0.3) is 0 Å². The summed E-state index contributed by atoms with van der Waals surface area (Å²) in [4.78, 5) is 0. The molecule has 2 rings (SSSR count). The number of hydrogen-bond donors (Lipinski definition) is 1. The van der Waals surface area contributed by atoms with Crippen molar-refractivity contribution in [3.05, 3.63) is 57.5 Å². The molecule has 0 spiro atoms. The topological polar surface area (TPSA) is 21.3 Å². The van der Waals surface area contributed by atoms with E-state index in [-0.39, 0.29) is 6.04 Å². The Morgan fingerprint density at radius 2 is 2.00 bits per heavy atom. The first kappa shape index (κ1) is 15.2. The fraction of sp³-hybridized carbons (Fsp3) is 0.250. The highest BCUT2D eigenvalue weighted by Gasteiger charge is 2.14. The predicted molar refractivity (Wildman–Crippen MR) is 88.8 cm³/mol. The standard InChI is InChI=1S/C16H17BrClNO/c1-3-15(12-6-4-5-7-16(12)20-2)19-11-8-9-13(17)14(18)10-11/h4-10,15,19H,3H2,1-2H3. The van der Waals surface area contributed by atoms with E-state index in [1.807, 2.05) is 36.4 Å². The zero-order chi connectivity index (χ0) is 14.5. The van der Waals surface area contributed by atoms with Gasteiger partial charge in [-0.15, -0.1) is 0 Å². The molecule has 1 atom stereocenters. The molecule has 0 bridgehead atoms. The number of rotatable bonds is 5. The van der Waals surface area contributed by atoms with E-state index in [0.29, 0.717) is 5.02 Å². The predicted octanol–water partition coefficient (Wildman–Crippen LogP) is 5.67. The molecule has 1 unspecified atom stereocenters. The Hall–Kier alpha value is -1.19. The Morgan fingerprint density at radius 3 is 2.65 bits per heavy atom. The van der Waals surface area contributed by atoms with Gasteiger partial charge < -0.3 is 10.1 Å². The molecule has 0 saturated heterocycles. The molecular weight excluding hydrogens is 338 g/mol. The Morgan fingerprint density at radius 1 is 1.25 bits per heavy atom. The lowest BCUT2D eigenvalue weighted by Crippen LogP contribution is -2.11. The highest BCUT2D eigenvalue weighted by molar-refractivity contribution is 9.10. The van der Waals surface area contributed by atoms with Crippen LogP contribution in [0.5, 0.6) is 5.75 Å². The smallest absolute Gasteiger partial charge is 0.124 e. The lowest BCUT2D eigenvalue weighted by atomic mass is 10.0. The highest BCUT2D eigenvalue weighted by Crippen LogP contribution is 2.32. The third kappa shape index (κ3) is 3.47. The third-order valence-electron chi connectivity index (χ3n) is 3.18. The maximum atomic E-state index is 6.13. The average Bonchev–Trinajstić information content (AvgIpc) is 2.48. The summed E-state index contributed by atoms with van der Waals surface area (Å²) in [6.07, 6.45) is 0.952. The van der Waals surface area contributed by atoms with E-state index in [9.17, 15) is 0 Å². The van der Waals surface area contributed by atoms with Crippen LogP contribution in [0.15, 0.2) is 46.9 Å². The number of halogens is 2. The van der Waals surface area contributed by atoms with Crippen molar-refractivity contribution in [1.82, 2.24) is 0 Å². The van der Waals surface area contributed by atoms with Crippen LogP contribution in [0.4, 0.5) is 5.69 Å². The van der Waals surface area contributed by atoms with Crippen molar-refractivity contribution in [2.45, 2.75) is 19.4 Å². The Kier molecular flexibility index (Phi) is 5.32. The molecule has 2 aromatic carbocycles. The molecule has 0 aliphatic rings. The first-order valence-electron chi connectivity index (χ1n) is 6.50. The number of hydrogen-bond acceptors (Lipinski definition) is 2. The second-order valence-electron chi connectivity index (χ2n) is 4.48. The van der Waals surface area contributed by atoms with Crippen molar-refractivity contribution >= 4 is 33.2 Å². The van der Waals surface area contributed by atoms with Gasteiger partial charge in [-0.25, -0.2) is 0 Å². The van der Waals surface area contributed by atoms with Crippen molar-refractivity contribution in [3.63, 3.8) is 0 Å². The maximum absolute atomic E-state index is 6.13. The molecule has 0 heterocycles. The lowest BCUT2D eigenvalue weighted by molar-refractivity contribution is 0.406. The van der Waals surface area contributed by atoms with Crippen LogP contribution >= 0.6 is 27.5 Å². The molecule has 0 aromatic heterocycles. The van der Waals surface area contributed by atoms with Crippen molar-refractivity contribution in [3.8, 4) is 5.75 Å². The van der Waals surface area contributed by atoms with E-state index in [0.717, 1.165) is 27.9 Å². The Bertz CT molecular complexity index is 588. The summed E-state index contributed by atoms with van der Waals surface area (Å²) >= 11 is 9.53. The molecule has 20 heavy (non-hydrogen) atoms. The Balaban J connectivity index is 2.26. The minimum absolute atomic E-state index is 0.184. The summed E-state index contributed by atoms with van der Waals surface area (Å²) in [6.45, 7) is 2.14. The average molecular weight is 355 g/mol. The van der Waals surface area contributed by atoms with E-state index in [2.05, 4.69) is 34.2 Å². The first-order chi connectivity index (χ1) is 9.65. The van der Waals surface area contributed by atoms with Gasteiger partial charge in [0.1, 0.15) is 5.75 Å². The van der Waals surface area contributed by atoms with Gasteiger partial charge in [0.2, 0.25) is 0 Å². The second-order valence-corrected chi connectivity index (χ2v) is 5.74. The summed E-state index contributed by atoms with van der Waals surface area (Å²) in [6, 6.07) is 14.1. The van der Waals surface area contributed by atoms with E-state index in [4.69, 9.17) is 16.3 Å². The van der Waals surface area contributed by atoms with Crippen LogP contribution in [-0.2, 0) is 0 Å². The van der Waals surface area contributed by atoms with E-state index >= 15 is 0 Å². The van der Waals surface area contributed by atoms with Gasteiger partial charge in [-0.2, -0.15) is 0 Å². The van der Waals surface area contributed by atoms with Gasteiger partial charge in [0, 0.05) is 15.7 Å². The number of benzene rings is 2. The van der Waals surface area contributed by atoms with E-state index in [1.165, 1.54) is 0 Å². The highest BCUT2D eigenvalue weighted by atomic mass is 79.9. The van der Waals surface area contributed by atoms with Crippen molar-refractivity contribution in [2.75, 3.05) is 12.4 Å². The fourth-order valence-corrected chi connectivity index (χ4v) is 2.57. The quantitative estimate of drug-likeness (QED) is 0.746. The summed E-state index contributed by atoms with van der Waals surface area (Å²) < 4.78 is 6.33. The molecule has 106 valence electrons. The monoisotopic (exact) mass is 353 g/mol. The van der Waals surface area contributed by atoms with Crippen LogP contribution in [0, 0.1) is 0 Å². The zero-order valence-corrected chi connectivity index (χ0v) is 13.8. The molecule has 0 amide bonds. The number of nitrogens with one attached hydrogen (secondary N) is 1. The first-order valence-corrected chi connectivity index (χ1v) is 7.67. The van der Waals surface area contributed by atoms with Crippen molar-refractivity contribution in [1.29, 1.82) is 0 Å². The van der Waals surface area contributed by atoms with E-state index in [1.54, 1.807) is 7.11 Å². The minimum Gasteiger partial charge on any atom is -0.496 e. The molecule has 2 aromatic rings. The number of methoxy groups -OCH3 is 1. The molecule has 4 heteroatoms. The molecule has 0 saturated carbocycles. The SMILES string of the molecule is CCC(Nc1ccc(Br)c(Cl)c1)c1ccccc1OC. The van der Waals surface area contributed by atoms with Gasteiger partial charge in [0.15, 0.2) is 0 Å². The maximum Gasteiger partial charge on any atom is 0.124 e. The minimum atomic E-state index is 0.184. The van der Waals surface area contributed by atoms with Gasteiger partial charge in [-0.05, 0) is 46.6 Å². The normalized spacial score (nSPS) is 12.0. The number of anilines is 1. The van der Waals surface area contributed by atoms with Gasteiger partial charge in [-0.1, -0.05) is 36.7 Å². The van der Waals surface area contributed by atoms with Crippen LogP contribution < -0.4 is 10.1 Å². The van der Waals surface area contributed by atoms with Crippen molar-refractivity contribution < 1.29 is 4.74 Å². The molecule has 0 radical (unpaired) electrons. The van der Waals surface area contributed by atoms with Crippen molar-refractivity contribution in [2.24, 2.45) is 0 Å². The van der Waals surface area contributed by atoms with Gasteiger partial charge >= 0.3 is 0 Å². The lowest BCUT2D eigenvalue weighted by Gasteiger charge is -2.21. The van der Waals surface area contributed by atoms with Gasteiger partial charge in [0.25, 0.3) is 0 Å². The van der Waals surface area contributed by atoms with Crippen LogP contribution in [-0.4, -0.2) is 7.11 Å². The summed E-state index contributed by atoms with van der Waals surface area (Å²) in [7, 11) is 1.70. The third-order valence-corrected chi connectivity index (χ3v) is 4.42. The molecule has 1 N–H and O–H groups in total. The van der Waals surface area contributed by atoms with Crippen LogP contribution in [0.1, 0.15) is 24.9 Å². The summed E-state index contributed by atoms with van der Waals surface area (Å²) in [5.74, 6) is 0.898. The van der Waals surface area contributed by atoms with Gasteiger partial charge in [-0.3, -0.25) is 0 Å². The number of para-hydroxylation sites is 1. The van der Waals surface area contributed by atoms with Crippen LogP contribution in [0.2, 0.25) is 5.02 Å². The largest absolute Gasteiger partial charge is 0.496 e. The number of ether oxygens (including phenoxy) is 1. The molecule has 2 nitrogen and oxygen atoms in total. The van der Waals surface area contributed by atoms with E-state index < -0.39 is 0 Å². The summed E-state index contributed by atoms with van der Waals surface area (Å²) in [5, 5.41) is 4.20. The molecule has 0 aliphatic carbocycles. The van der Waals surface area contributed by atoms with Gasteiger partial charge in [0.05, 0.1) is 18.2 Å². The second kappa shape index (κ2) is 7.00. The molecule has 0 fully saturated rings. The molecule has 0 aliphatic heterocycles. The van der Waals surface area contributed by atoms with Crippen LogP contribution in [0.3, 0.4) is 0 Å².